The standard InChI is InChI=1S/C29H33Cl2N3O4S/c1-5-26(29(36)32-6-2)33(18-22-12-14-23(30)15-13-22)28(35)19-34(27-9-7-8-25(31)21(27)4)39(37,38)24-16-10-20(3)11-17-24/h7-17,26H,5-6,18-19H2,1-4H3,(H,32,36)/t26-/m1/s1. The number of anilines is 1. The minimum atomic E-state index is -4.17. The van der Waals surface area contributed by atoms with Crippen molar-refractivity contribution in [2.24, 2.45) is 0 Å². The van der Waals surface area contributed by atoms with Crippen LogP contribution in [0.4, 0.5) is 5.69 Å². The summed E-state index contributed by atoms with van der Waals surface area (Å²) in [4.78, 5) is 28.5. The summed E-state index contributed by atoms with van der Waals surface area (Å²) >= 11 is 12.4. The molecule has 0 saturated heterocycles. The van der Waals surface area contributed by atoms with E-state index in [0.29, 0.717) is 28.6 Å². The van der Waals surface area contributed by atoms with Crippen LogP contribution >= 0.6 is 23.2 Å². The van der Waals surface area contributed by atoms with Crippen LogP contribution in [0, 0.1) is 13.8 Å². The fourth-order valence-corrected chi connectivity index (χ4v) is 5.98. The molecular weight excluding hydrogens is 557 g/mol. The molecular formula is C29H33Cl2N3O4S. The first-order chi connectivity index (χ1) is 18.5. The maximum absolute atomic E-state index is 14.0. The van der Waals surface area contributed by atoms with Crippen LogP contribution in [0.1, 0.15) is 37.0 Å². The summed E-state index contributed by atoms with van der Waals surface area (Å²) in [6.45, 7) is 7.14. The van der Waals surface area contributed by atoms with Crippen molar-refractivity contribution in [3.63, 3.8) is 0 Å². The first kappa shape index (κ1) is 30.5. The Morgan fingerprint density at radius 3 is 2.15 bits per heavy atom. The van der Waals surface area contributed by atoms with E-state index in [-0.39, 0.29) is 23.0 Å². The van der Waals surface area contributed by atoms with Gasteiger partial charge in [-0.15, -0.1) is 0 Å². The molecule has 3 rings (SSSR count). The first-order valence-corrected chi connectivity index (χ1v) is 14.8. The van der Waals surface area contributed by atoms with Gasteiger partial charge in [-0.1, -0.05) is 66.0 Å². The molecule has 208 valence electrons. The summed E-state index contributed by atoms with van der Waals surface area (Å²) in [5.74, 6) is -0.840. The predicted octanol–water partition coefficient (Wildman–Crippen LogP) is 5.75. The van der Waals surface area contributed by atoms with Crippen LogP contribution in [0.3, 0.4) is 0 Å². The van der Waals surface area contributed by atoms with Gasteiger partial charge in [0, 0.05) is 23.1 Å². The third kappa shape index (κ3) is 7.32. The lowest BCUT2D eigenvalue weighted by Gasteiger charge is -2.33. The van der Waals surface area contributed by atoms with Crippen molar-refractivity contribution < 1.29 is 18.0 Å². The van der Waals surface area contributed by atoms with E-state index in [2.05, 4.69) is 5.32 Å². The number of sulfonamides is 1. The molecule has 1 atom stereocenters. The number of aryl methyl sites for hydroxylation is 1. The van der Waals surface area contributed by atoms with Crippen molar-refractivity contribution in [1.82, 2.24) is 10.2 Å². The van der Waals surface area contributed by atoms with Crippen LogP contribution in [0.25, 0.3) is 0 Å². The Balaban J connectivity index is 2.10. The molecule has 0 bridgehead atoms. The zero-order valence-electron chi connectivity index (χ0n) is 22.4. The van der Waals surface area contributed by atoms with Gasteiger partial charge in [0.05, 0.1) is 10.6 Å². The molecule has 0 aromatic heterocycles. The average molecular weight is 591 g/mol. The van der Waals surface area contributed by atoms with Crippen LogP contribution in [0.5, 0.6) is 0 Å². The van der Waals surface area contributed by atoms with Gasteiger partial charge in [0.1, 0.15) is 12.6 Å². The number of hydrogen-bond acceptors (Lipinski definition) is 4. The molecule has 0 radical (unpaired) electrons. The van der Waals surface area contributed by atoms with Gasteiger partial charge < -0.3 is 10.2 Å². The molecule has 0 heterocycles. The van der Waals surface area contributed by atoms with Crippen LogP contribution < -0.4 is 9.62 Å². The molecule has 0 aliphatic rings. The number of nitrogens with one attached hydrogen (secondary N) is 1. The van der Waals surface area contributed by atoms with Crippen molar-refractivity contribution in [1.29, 1.82) is 0 Å². The predicted molar refractivity (Wildman–Crippen MR) is 157 cm³/mol. The Labute approximate surface area is 240 Å². The van der Waals surface area contributed by atoms with E-state index >= 15 is 0 Å². The molecule has 39 heavy (non-hydrogen) atoms. The number of nitrogens with zero attached hydrogens (tertiary/aromatic N) is 2. The molecule has 0 aliphatic heterocycles. The van der Waals surface area contributed by atoms with Crippen molar-refractivity contribution in [3.05, 3.63) is 93.5 Å². The monoisotopic (exact) mass is 589 g/mol. The van der Waals surface area contributed by atoms with Crippen LogP contribution in [-0.2, 0) is 26.2 Å². The summed E-state index contributed by atoms with van der Waals surface area (Å²) in [5.41, 5.74) is 2.45. The molecule has 2 amide bonds. The van der Waals surface area contributed by atoms with E-state index in [1.54, 1.807) is 68.4 Å². The van der Waals surface area contributed by atoms with E-state index < -0.39 is 28.5 Å². The highest BCUT2D eigenvalue weighted by atomic mass is 35.5. The van der Waals surface area contributed by atoms with Gasteiger partial charge in [-0.25, -0.2) is 8.42 Å². The number of benzene rings is 3. The van der Waals surface area contributed by atoms with Crippen molar-refractivity contribution >= 4 is 50.7 Å². The number of halogens is 2. The van der Waals surface area contributed by atoms with Gasteiger partial charge in [-0.3, -0.25) is 13.9 Å². The minimum Gasteiger partial charge on any atom is -0.355 e. The van der Waals surface area contributed by atoms with E-state index in [0.717, 1.165) is 15.4 Å². The maximum Gasteiger partial charge on any atom is 0.264 e. The summed E-state index contributed by atoms with van der Waals surface area (Å²) in [7, 11) is -4.17. The van der Waals surface area contributed by atoms with Gasteiger partial charge in [0.2, 0.25) is 11.8 Å². The summed E-state index contributed by atoms with van der Waals surface area (Å²) in [6.07, 6.45) is 0.339. The van der Waals surface area contributed by atoms with Gasteiger partial charge in [-0.2, -0.15) is 0 Å². The van der Waals surface area contributed by atoms with Crippen molar-refractivity contribution in [2.45, 2.75) is 51.6 Å². The Kier molecular flexibility index (Phi) is 10.4. The molecule has 7 nitrogen and oxygen atoms in total. The number of amides is 2. The average Bonchev–Trinajstić information content (AvgIpc) is 2.90. The second kappa shape index (κ2) is 13.3. The Bertz CT molecular complexity index is 1410. The molecule has 3 aromatic carbocycles. The maximum atomic E-state index is 14.0. The number of carbonyl (C=O) groups excluding carboxylic acids is 2. The third-order valence-electron chi connectivity index (χ3n) is 6.40. The van der Waals surface area contributed by atoms with Gasteiger partial charge in [0.25, 0.3) is 10.0 Å². The van der Waals surface area contributed by atoms with Crippen LogP contribution in [0.15, 0.2) is 71.6 Å². The quantitative estimate of drug-likeness (QED) is 0.308. The molecule has 1 N–H and O–H groups in total. The molecule has 0 fully saturated rings. The highest BCUT2D eigenvalue weighted by Crippen LogP contribution is 2.31. The molecule has 0 aliphatic carbocycles. The molecule has 0 saturated carbocycles. The molecule has 0 unspecified atom stereocenters. The summed E-state index contributed by atoms with van der Waals surface area (Å²) in [6, 6.07) is 17.5. The van der Waals surface area contributed by atoms with Gasteiger partial charge >= 0.3 is 0 Å². The van der Waals surface area contributed by atoms with E-state index in [4.69, 9.17) is 23.2 Å². The highest BCUT2D eigenvalue weighted by molar-refractivity contribution is 7.92. The van der Waals surface area contributed by atoms with E-state index in [9.17, 15) is 18.0 Å². The minimum absolute atomic E-state index is 0.0419. The SMILES string of the molecule is CCNC(=O)[C@@H](CC)N(Cc1ccc(Cl)cc1)C(=O)CN(c1cccc(Cl)c1C)S(=O)(=O)c1ccc(C)cc1. The number of carbonyl (C=O) groups is 2. The van der Waals surface area contributed by atoms with Crippen molar-refractivity contribution in [2.75, 3.05) is 17.4 Å². The Morgan fingerprint density at radius 2 is 1.56 bits per heavy atom. The van der Waals surface area contributed by atoms with Gasteiger partial charge in [0.15, 0.2) is 0 Å². The fraction of sp³-hybridized carbons (Fsp3) is 0.310. The Morgan fingerprint density at radius 1 is 0.923 bits per heavy atom. The van der Waals surface area contributed by atoms with E-state index in [1.807, 2.05) is 13.8 Å². The number of rotatable bonds is 11. The van der Waals surface area contributed by atoms with Crippen molar-refractivity contribution in [3.8, 4) is 0 Å². The summed E-state index contributed by atoms with van der Waals surface area (Å²) in [5, 5.41) is 3.70. The smallest absolute Gasteiger partial charge is 0.264 e. The zero-order valence-corrected chi connectivity index (χ0v) is 24.8. The van der Waals surface area contributed by atoms with Crippen LogP contribution in [-0.4, -0.2) is 44.3 Å². The summed E-state index contributed by atoms with van der Waals surface area (Å²) < 4.78 is 29.0. The van der Waals surface area contributed by atoms with Gasteiger partial charge in [-0.05, 0) is 74.7 Å². The normalized spacial score (nSPS) is 12.1. The number of likely N-dealkylation sites (N-methyl/N-ethyl adjacent to an activating group) is 1. The van der Waals surface area contributed by atoms with Crippen LogP contribution in [0.2, 0.25) is 10.0 Å². The second-order valence-electron chi connectivity index (χ2n) is 9.18. The number of hydrogen-bond donors (Lipinski definition) is 1. The Hall–Kier alpha value is -3.07. The van der Waals surface area contributed by atoms with E-state index in [1.165, 1.54) is 17.0 Å². The highest BCUT2D eigenvalue weighted by Gasteiger charge is 2.34. The molecule has 3 aromatic rings. The molecule has 0 spiro atoms. The molecule has 10 heteroatoms. The largest absolute Gasteiger partial charge is 0.355 e. The second-order valence-corrected chi connectivity index (χ2v) is 11.9. The fourth-order valence-electron chi connectivity index (χ4n) is 4.22. The lowest BCUT2D eigenvalue weighted by molar-refractivity contribution is -0.140. The lowest BCUT2D eigenvalue weighted by atomic mass is 10.1. The zero-order chi connectivity index (χ0) is 28.7. The topological polar surface area (TPSA) is 86.8 Å². The first-order valence-electron chi connectivity index (χ1n) is 12.7. The third-order valence-corrected chi connectivity index (χ3v) is 8.83. The lowest BCUT2D eigenvalue weighted by Crippen LogP contribution is -2.52.